The number of methoxy groups -OCH3 is 1. The lowest BCUT2D eigenvalue weighted by atomic mass is 9.94. The summed E-state index contributed by atoms with van der Waals surface area (Å²) in [5.41, 5.74) is 2.42. The molecule has 0 aliphatic carbocycles. The van der Waals surface area contributed by atoms with Crippen molar-refractivity contribution in [3.63, 3.8) is 0 Å². The van der Waals surface area contributed by atoms with Crippen LogP contribution in [0.15, 0.2) is 58.9 Å². The van der Waals surface area contributed by atoms with Crippen molar-refractivity contribution in [1.82, 2.24) is 14.8 Å². The number of hydrogen-bond acceptors (Lipinski definition) is 8. The highest BCUT2D eigenvalue weighted by atomic mass is 32.2. The summed E-state index contributed by atoms with van der Waals surface area (Å²) in [5, 5.41) is 21.7. The number of para-hydroxylation sites is 2. The third-order valence-electron chi connectivity index (χ3n) is 5.47. The molecule has 184 valence electrons. The van der Waals surface area contributed by atoms with E-state index in [1.807, 2.05) is 32.0 Å². The van der Waals surface area contributed by atoms with Crippen molar-refractivity contribution in [2.45, 2.75) is 38.4 Å². The number of carbonyl (C=O) groups excluding carboxylic acids is 1. The van der Waals surface area contributed by atoms with Crippen LogP contribution < -0.4 is 20.1 Å². The smallest absolute Gasteiger partial charge is 0.255 e. The Morgan fingerprint density at radius 2 is 2.03 bits per heavy atom. The van der Waals surface area contributed by atoms with E-state index < -0.39 is 6.04 Å². The number of fused-ring (bicyclic) bond motifs is 1. The lowest BCUT2D eigenvalue weighted by Crippen LogP contribution is -2.31. The number of carbonyl (C=O) groups is 1. The monoisotopic (exact) mass is 495 g/mol. The Labute approximate surface area is 208 Å². The van der Waals surface area contributed by atoms with E-state index in [1.165, 1.54) is 7.11 Å². The molecule has 3 N–H and O–H groups in total. The number of aromatic nitrogens is 3. The number of nitrogens with zero attached hydrogens (tertiary/aromatic N) is 3. The number of hydrogen-bond donors (Lipinski definition) is 3. The maximum atomic E-state index is 13.7. The molecule has 0 spiro atoms. The Morgan fingerprint density at radius 3 is 2.77 bits per heavy atom. The molecule has 3 aromatic rings. The van der Waals surface area contributed by atoms with E-state index >= 15 is 0 Å². The van der Waals surface area contributed by atoms with Crippen molar-refractivity contribution in [1.29, 1.82) is 0 Å². The van der Waals surface area contributed by atoms with E-state index in [0.717, 1.165) is 17.7 Å². The molecule has 0 radical (unpaired) electrons. The van der Waals surface area contributed by atoms with Gasteiger partial charge in [-0.15, -0.1) is 5.10 Å². The fourth-order valence-electron chi connectivity index (χ4n) is 3.89. The van der Waals surface area contributed by atoms with Crippen molar-refractivity contribution in [2.75, 3.05) is 30.1 Å². The molecule has 1 atom stereocenters. The molecule has 4 rings (SSSR count). The maximum Gasteiger partial charge on any atom is 0.255 e. The Morgan fingerprint density at radius 1 is 1.23 bits per heavy atom. The maximum absolute atomic E-state index is 13.7. The topological polar surface area (TPSA) is 111 Å². The lowest BCUT2D eigenvalue weighted by Gasteiger charge is -2.29. The van der Waals surface area contributed by atoms with Crippen molar-refractivity contribution < 1.29 is 19.4 Å². The third-order valence-corrected chi connectivity index (χ3v) is 6.51. The molecule has 0 saturated heterocycles. The largest absolute Gasteiger partial charge is 0.504 e. The standard InChI is InChI=1S/C25H29N5O4S/c1-5-13-35-25-28-24-26-15(3)21(23(32)27-17-9-7-8-10-19(17)34-6-2)22(30(24)29-25)16-11-12-18(31)20(14-16)33-4/h7-12,14,22,31H,5-6,13H2,1-4H3,(H,27,32)(H,26,28,29). The van der Waals surface area contributed by atoms with Gasteiger partial charge in [0, 0.05) is 11.4 Å². The molecular formula is C25H29N5O4S. The van der Waals surface area contributed by atoms with Gasteiger partial charge >= 0.3 is 0 Å². The molecule has 1 aliphatic heterocycles. The predicted molar refractivity (Wildman–Crippen MR) is 136 cm³/mol. The SMILES string of the molecule is CCCSc1nc2n(n1)C(c1ccc(O)c(OC)c1)C(C(=O)Nc1ccccc1OCC)=C(C)N2. The molecular weight excluding hydrogens is 466 g/mol. The predicted octanol–water partition coefficient (Wildman–Crippen LogP) is 4.82. The molecule has 35 heavy (non-hydrogen) atoms. The van der Waals surface area contributed by atoms with Crippen LogP contribution in [0.25, 0.3) is 0 Å². The normalized spacial score (nSPS) is 14.8. The summed E-state index contributed by atoms with van der Waals surface area (Å²) in [5.74, 6) is 2.04. The summed E-state index contributed by atoms with van der Waals surface area (Å²) in [6, 6.07) is 11.7. The van der Waals surface area contributed by atoms with Gasteiger partial charge in [-0.25, -0.2) is 4.68 Å². The van der Waals surface area contributed by atoms with Gasteiger partial charge in [-0.2, -0.15) is 4.98 Å². The Balaban J connectivity index is 1.78. The van der Waals surface area contributed by atoms with Gasteiger partial charge in [-0.05, 0) is 50.1 Å². The second kappa shape index (κ2) is 10.7. The summed E-state index contributed by atoms with van der Waals surface area (Å²) in [6.45, 7) is 6.31. The molecule has 1 aromatic heterocycles. The Hall–Kier alpha value is -3.66. The highest BCUT2D eigenvalue weighted by Crippen LogP contribution is 2.40. The van der Waals surface area contributed by atoms with E-state index in [0.29, 0.717) is 46.2 Å². The summed E-state index contributed by atoms with van der Waals surface area (Å²) < 4.78 is 12.7. The number of amides is 1. The number of allylic oxidation sites excluding steroid dienone is 1. The number of nitrogens with one attached hydrogen (secondary N) is 2. The number of phenols is 1. The van der Waals surface area contributed by atoms with E-state index in [-0.39, 0.29) is 11.7 Å². The first kappa shape index (κ1) is 24.5. The number of phenolic OH excluding ortho intramolecular Hbond substituents is 1. The van der Waals surface area contributed by atoms with Crippen LogP contribution in [0.5, 0.6) is 17.2 Å². The number of aromatic hydroxyl groups is 1. The average molecular weight is 496 g/mol. The van der Waals surface area contributed by atoms with Crippen molar-refractivity contribution in [3.05, 3.63) is 59.3 Å². The van der Waals surface area contributed by atoms with Crippen molar-refractivity contribution in [3.8, 4) is 17.2 Å². The number of thioether (sulfide) groups is 1. The van der Waals surface area contributed by atoms with Gasteiger partial charge in [0.15, 0.2) is 11.5 Å². The van der Waals surface area contributed by atoms with Crippen LogP contribution in [0.3, 0.4) is 0 Å². The zero-order chi connectivity index (χ0) is 24.9. The molecule has 10 heteroatoms. The van der Waals surface area contributed by atoms with Gasteiger partial charge in [0.1, 0.15) is 11.8 Å². The van der Waals surface area contributed by atoms with E-state index in [2.05, 4.69) is 22.5 Å². The second-order valence-electron chi connectivity index (χ2n) is 7.89. The number of ether oxygens (including phenoxy) is 2. The second-order valence-corrected chi connectivity index (χ2v) is 8.95. The molecule has 2 aromatic carbocycles. The minimum absolute atomic E-state index is 0.0144. The van der Waals surface area contributed by atoms with Gasteiger partial charge in [-0.3, -0.25) is 4.79 Å². The minimum Gasteiger partial charge on any atom is -0.504 e. The first-order valence-corrected chi connectivity index (χ1v) is 12.4. The summed E-state index contributed by atoms with van der Waals surface area (Å²) in [4.78, 5) is 18.3. The number of anilines is 2. The molecule has 0 fully saturated rings. The van der Waals surface area contributed by atoms with Crippen LogP contribution in [0.2, 0.25) is 0 Å². The highest BCUT2D eigenvalue weighted by molar-refractivity contribution is 7.99. The molecule has 9 nitrogen and oxygen atoms in total. The molecule has 0 saturated carbocycles. The van der Waals surface area contributed by atoms with Crippen LogP contribution in [-0.4, -0.2) is 45.2 Å². The molecule has 0 bridgehead atoms. The van der Waals surface area contributed by atoms with Gasteiger partial charge in [-0.1, -0.05) is 36.9 Å². The van der Waals surface area contributed by atoms with E-state index in [4.69, 9.17) is 14.6 Å². The zero-order valence-electron chi connectivity index (χ0n) is 20.2. The molecule has 2 heterocycles. The van der Waals surface area contributed by atoms with E-state index in [1.54, 1.807) is 40.7 Å². The average Bonchev–Trinajstić information content (AvgIpc) is 3.25. The molecule has 1 amide bonds. The van der Waals surface area contributed by atoms with Gasteiger partial charge in [0.05, 0.1) is 25.0 Å². The Kier molecular flexibility index (Phi) is 7.50. The van der Waals surface area contributed by atoms with Crippen LogP contribution in [-0.2, 0) is 4.79 Å². The first-order chi connectivity index (χ1) is 17.0. The van der Waals surface area contributed by atoms with Crippen molar-refractivity contribution in [2.24, 2.45) is 0 Å². The Bertz CT molecular complexity index is 1260. The zero-order valence-corrected chi connectivity index (χ0v) is 21.0. The number of benzene rings is 2. The summed E-state index contributed by atoms with van der Waals surface area (Å²) in [7, 11) is 1.49. The number of rotatable bonds is 9. The van der Waals surface area contributed by atoms with Gasteiger partial charge in [0.25, 0.3) is 5.91 Å². The quantitative estimate of drug-likeness (QED) is 0.363. The minimum atomic E-state index is -0.594. The molecule has 1 aliphatic rings. The van der Waals surface area contributed by atoms with Crippen LogP contribution in [0.4, 0.5) is 11.6 Å². The first-order valence-electron chi connectivity index (χ1n) is 11.4. The van der Waals surface area contributed by atoms with Gasteiger partial charge in [0.2, 0.25) is 11.1 Å². The lowest BCUT2D eigenvalue weighted by molar-refractivity contribution is -0.113. The van der Waals surface area contributed by atoms with Crippen LogP contribution in [0.1, 0.15) is 38.8 Å². The van der Waals surface area contributed by atoms with Crippen molar-refractivity contribution >= 4 is 29.3 Å². The fourth-order valence-corrected chi connectivity index (χ4v) is 4.58. The van der Waals surface area contributed by atoms with Crippen LogP contribution in [0, 0.1) is 0 Å². The summed E-state index contributed by atoms with van der Waals surface area (Å²) >= 11 is 1.56. The molecule has 1 unspecified atom stereocenters. The van der Waals surface area contributed by atoms with Crippen LogP contribution >= 0.6 is 11.8 Å². The van der Waals surface area contributed by atoms with E-state index in [9.17, 15) is 9.90 Å². The third kappa shape index (κ3) is 5.07. The van der Waals surface area contributed by atoms with Gasteiger partial charge < -0.3 is 25.2 Å². The highest BCUT2D eigenvalue weighted by Gasteiger charge is 2.35. The summed E-state index contributed by atoms with van der Waals surface area (Å²) in [6.07, 6.45) is 0.991. The fraction of sp³-hybridized carbons (Fsp3) is 0.320.